The van der Waals surface area contributed by atoms with Gasteiger partial charge in [-0.1, -0.05) is 31.2 Å². The van der Waals surface area contributed by atoms with E-state index in [1.54, 1.807) is 0 Å². The lowest BCUT2D eigenvalue weighted by atomic mass is 9.92. The number of rotatable bonds is 4. The summed E-state index contributed by atoms with van der Waals surface area (Å²) in [4.78, 5) is 2.63. The summed E-state index contributed by atoms with van der Waals surface area (Å²) in [5, 5.41) is 0. The number of hydrogen-bond donors (Lipinski definition) is 1. The fourth-order valence-corrected chi connectivity index (χ4v) is 3.29. The lowest BCUT2D eigenvalue weighted by Gasteiger charge is -2.42. The third kappa shape index (κ3) is 2.55. The van der Waals surface area contributed by atoms with Crippen molar-refractivity contribution in [1.82, 2.24) is 4.90 Å². The first kappa shape index (κ1) is 13.1. The van der Waals surface area contributed by atoms with Gasteiger partial charge in [-0.2, -0.15) is 0 Å². The summed E-state index contributed by atoms with van der Waals surface area (Å²) in [7, 11) is 0. The van der Waals surface area contributed by atoms with Crippen molar-refractivity contribution in [3.63, 3.8) is 0 Å². The molecule has 3 rings (SSSR count). The van der Waals surface area contributed by atoms with Gasteiger partial charge in [-0.15, -0.1) is 0 Å². The van der Waals surface area contributed by atoms with Crippen LogP contribution < -0.4 is 5.73 Å². The molecule has 1 heterocycles. The van der Waals surface area contributed by atoms with Crippen LogP contribution in [0.15, 0.2) is 24.3 Å². The van der Waals surface area contributed by atoms with Gasteiger partial charge in [0.25, 0.3) is 0 Å². The van der Waals surface area contributed by atoms with E-state index in [4.69, 9.17) is 10.5 Å². The van der Waals surface area contributed by atoms with Gasteiger partial charge in [0.15, 0.2) is 0 Å². The molecule has 0 bridgehead atoms. The van der Waals surface area contributed by atoms with Gasteiger partial charge in [-0.25, -0.2) is 0 Å². The molecule has 0 spiro atoms. The van der Waals surface area contributed by atoms with E-state index in [1.807, 2.05) is 0 Å². The van der Waals surface area contributed by atoms with Crippen LogP contribution in [-0.2, 0) is 11.2 Å². The van der Waals surface area contributed by atoms with Crippen molar-refractivity contribution in [3.05, 3.63) is 35.4 Å². The van der Waals surface area contributed by atoms with Gasteiger partial charge in [-0.3, -0.25) is 4.90 Å². The van der Waals surface area contributed by atoms with Gasteiger partial charge in [0, 0.05) is 19.1 Å². The molecule has 2 fully saturated rings. The number of hydrogen-bond acceptors (Lipinski definition) is 3. The van der Waals surface area contributed by atoms with Crippen LogP contribution >= 0.6 is 0 Å². The third-order valence-electron chi connectivity index (χ3n) is 4.39. The monoisotopic (exact) mass is 260 g/mol. The average molecular weight is 260 g/mol. The van der Waals surface area contributed by atoms with Gasteiger partial charge in [0.1, 0.15) is 0 Å². The Bertz CT molecular complexity index is 431. The minimum atomic E-state index is 0.141. The summed E-state index contributed by atoms with van der Waals surface area (Å²) in [6.45, 7) is 4.69. The zero-order valence-corrected chi connectivity index (χ0v) is 11.7. The van der Waals surface area contributed by atoms with E-state index in [0.29, 0.717) is 12.6 Å². The normalized spacial score (nSPS) is 28.5. The molecule has 1 aliphatic heterocycles. The lowest BCUT2D eigenvalue weighted by Crippen LogP contribution is -2.49. The Morgan fingerprint density at radius 2 is 2.11 bits per heavy atom. The second-order valence-electron chi connectivity index (χ2n) is 5.61. The number of benzene rings is 1. The van der Waals surface area contributed by atoms with Crippen molar-refractivity contribution >= 4 is 0 Å². The highest BCUT2D eigenvalue weighted by Gasteiger charge is 2.41. The number of aryl methyl sites for hydroxylation is 1. The van der Waals surface area contributed by atoms with E-state index in [9.17, 15) is 0 Å². The molecule has 104 valence electrons. The van der Waals surface area contributed by atoms with Crippen LogP contribution in [0.25, 0.3) is 0 Å². The molecule has 0 radical (unpaired) electrons. The molecule has 3 heteroatoms. The maximum Gasteiger partial charge on any atom is 0.0894 e. The predicted molar refractivity (Wildman–Crippen MR) is 77.1 cm³/mol. The van der Waals surface area contributed by atoms with Crippen LogP contribution in [0.2, 0.25) is 0 Å². The second-order valence-corrected chi connectivity index (χ2v) is 5.61. The Labute approximate surface area is 115 Å². The molecule has 0 aromatic heterocycles. The number of nitrogens with two attached hydrogens (primary N) is 1. The van der Waals surface area contributed by atoms with Crippen LogP contribution in [0.4, 0.5) is 0 Å². The van der Waals surface area contributed by atoms with Crippen molar-refractivity contribution < 1.29 is 4.74 Å². The van der Waals surface area contributed by atoms with E-state index < -0.39 is 0 Å². The van der Waals surface area contributed by atoms with E-state index in [0.717, 1.165) is 25.6 Å². The molecule has 1 aromatic rings. The summed E-state index contributed by atoms with van der Waals surface area (Å²) in [6.07, 6.45) is 3.88. The van der Waals surface area contributed by atoms with Crippen molar-refractivity contribution in [2.45, 2.75) is 44.4 Å². The van der Waals surface area contributed by atoms with Gasteiger partial charge >= 0.3 is 0 Å². The molecule has 0 amide bonds. The highest BCUT2D eigenvalue weighted by molar-refractivity contribution is 5.32. The first-order chi connectivity index (χ1) is 9.35. The van der Waals surface area contributed by atoms with E-state index in [2.05, 4.69) is 36.1 Å². The SMILES string of the molecule is CCc1ccccc1C1C(CN)OCCN1C1CC1. The molecule has 1 saturated carbocycles. The van der Waals surface area contributed by atoms with E-state index >= 15 is 0 Å². The minimum absolute atomic E-state index is 0.141. The smallest absolute Gasteiger partial charge is 0.0894 e. The Morgan fingerprint density at radius 3 is 2.79 bits per heavy atom. The van der Waals surface area contributed by atoms with Crippen molar-refractivity contribution in [3.8, 4) is 0 Å². The van der Waals surface area contributed by atoms with Crippen LogP contribution in [0, 0.1) is 0 Å². The largest absolute Gasteiger partial charge is 0.374 e. The first-order valence-electron chi connectivity index (χ1n) is 7.50. The molecule has 1 aliphatic carbocycles. The number of ether oxygens (including phenoxy) is 1. The summed E-state index contributed by atoms with van der Waals surface area (Å²) in [5.74, 6) is 0. The Kier molecular flexibility index (Phi) is 3.87. The van der Waals surface area contributed by atoms with Crippen LogP contribution in [-0.4, -0.2) is 36.7 Å². The fourth-order valence-electron chi connectivity index (χ4n) is 3.29. The van der Waals surface area contributed by atoms with Crippen molar-refractivity contribution in [2.24, 2.45) is 5.73 Å². The van der Waals surface area contributed by atoms with Gasteiger partial charge in [0.05, 0.1) is 18.8 Å². The summed E-state index contributed by atoms with van der Waals surface area (Å²) in [5.41, 5.74) is 8.81. The molecule has 2 N–H and O–H groups in total. The van der Waals surface area contributed by atoms with Gasteiger partial charge in [0.2, 0.25) is 0 Å². The zero-order chi connectivity index (χ0) is 13.2. The molecule has 1 aromatic carbocycles. The first-order valence-corrected chi connectivity index (χ1v) is 7.50. The maximum atomic E-state index is 5.95. The molecule has 1 saturated heterocycles. The van der Waals surface area contributed by atoms with Crippen LogP contribution in [0.3, 0.4) is 0 Å². The van der Waals surface area contributed by atoms with Crippen LogP contribution in [0.1, 0.15) is 36.9 Å². The lowest BCUT2D eigenvalue weighted by molar-refractivity contribution is -0.0715. The summed E-state index contributed by atoms with van der Waals surface area (Å²) in [6, 6.07) is 9.88. The van der Waals surface area contributed by atoms with Gasteiger partial charge < -0.3 is 10.5 Å². The summed E-state index contributed by atoms with van der Waals surface area (Å²) < 4.78 is 5.94. The standard InChI is InChI=1S/C16H24N2O/c1-2-12-5-3-4-6-14(12)16-15(11-17)19-10-9-18(16)13-7-8-13/h3-6,13,15-16H,2,7-11,17H2,1H3. The maximum absolute atomic E-state index is 5.95. The van der Waals surface area contributed by atoms with E-state index in [-0.39, 0.29) is 6.10 Å². The highest BCUT2D eigenvalue weighted by Crippen LogP contribution is 2.39. The average Bonchev–Trinajstić information content (AvgIpc) is 3.31. The van der Waals surface area contributed by atoms with Gasteiger partial charge in [-0.05, 0) is 30.4 Å². The minimum Gasteiger partial charge on any atom is -0.374 e. The Morgan fingerprint density at radius 1 is 1.32 bits per heavy atom. The van der Waals surface area contributed by atoms with Crippen LogP contribution in [0.5, 0.6) is 0 Å². The zero-order valence-electron chi connectivity index (χ0n) is 11.7. The Hall–Kier alpha value is -0.900. The third-order valence-corrected chi connectivity index (χ3v) is 4.39. The molecule has 2 atom stereocenters. The Balaban J connectivity index is 1.95. The molecule has 2 aliphatic rings. The molecule has 19 heavy (non-hydrogen) atoms. The fraction of sp³-hybridized carbons (Fsp3) is 0.625. The predicted octanol–water partition coefficient (Wildman–Crippen LogP) is 2.11. The molecular weight excluding hydrogens is 236 g/mol. The second kappa shape index (κ2) is 5.61. The number of morpholine rings is 1. The molecule has 3 nitrogen and oxygen atoms in total. The summed E-state index contributed by atoms with van der Waals surface area (Å²) >= 11 is 0. The van der Waals surface area contributed by atoms with E-state index in [1.165, 1.54) is 24.0 Å². The van der Waals surface area contributed by atoms with Crippen molar-refractivity contribution in [1.29, 1.82) is 0 Å². The highest BCUT2D eigenvalue weighted by atomic mass is 16.5. The number of nitrogens with zero attached hydrogens (tertiary/aromatic N) is 1. The molecular formula is C16H24N2O. The topological polar surface area (TPSA) is 38.5 Å². The van der Waals surface area contributed by atoms with Crippen molar-refractivity contribution in [2.75, 3.05) is 19.7 Å². The quantitative estimate of drug-likeness (QED) is 0.901. The molecule has 2 unspecified atom stereocenters.